The van der Waals surface area contributed by atoms with Crippen molar-refractivity contribution < 1.29 is 8.42 Å². The van der Waals surface area contributed by atoms with Gasteiger partial charge < -0.3 is 5.73 Å². The van der Waals surface area contributed by atoms with Gasteiger partial charge in [0.2, 0.25) is 10.0 Å². The van der Waals surface area contributed by atoms with Crippen LogP contribution in [-0.4, -0.2) is 21.0 Å². The second kappa shape index (κ2) is 6.36. The van der Waals surface area contributed by atoms with Gasteiger partial charge in [-0.3, -0.25) is 0 Å². The minimum Gasteiger partial charge on any atom is -0.330 e. The summed E-state index contributed by atoms with van der Waals surface area (Å²) in [5, 5.41) is 1.71. The quantitative estimate of drug-likeness (QED) is 0.910. The number of hydrogen-bond acceptors (Lipinski definition) is 3. The van der Waals surface area contributed by atoms with Crippen molar-refractivity contribution in [2.75, 3.05) is 6.54 Å². The van der Waals surface area contributed by atoms with Crippen LogP contribution >= 0.6 is 0 Å². The third-order valence-corrected chi connectivity index (χ3v) is 6.12. The van der Waals surface area contributed by atoms with E-state index in [1.165, 1.54) is 0 Å². The molecule has 3 rings (SSSR count). The van der Waals surface area contributed by atoms with Crippen molar-refractivity contribution in [1.29, 1.82) is 0 Å². The van der Waals surface area contributed by atoms with Crippen LogP contribution in [0.3, 0.4) is 0 Å². The van der Waals surface area contributed by atoms with Gasteiger partial charge in [-0.25, -0.2) is 13.1 Å². The van der Waals surface area contributed by atoms with E-state index in [2.05, 4.69) is 4.72 Å². The number of nitrogens with two attached hydrogens (primary N) is 1. The lowest BCUT2D eigenvalue weighted by molar-refractivity contribution is 0.319. The molecule has 4 nitrogen and oxygen atoms in total. The molecule has 2 aromatic rings. The number of hydrogen-bond donors (Lipinski definition) is 2. The average molecular weight is 318 g/mol. The zero-order valence-corrected chi connectivity index (χ0v) is 13.4. The normalized spacial score (nSPS) is 22.8. The largest absolute Gasteiger partial charge is 0.330 e. The van der Waals surface area contributed by atoms with Crippen LogP contribution in [0.15, 0.2) is 47.4 Å². The van der Waals surface area contributed by atoms with Crippen LogP contribution in [-0.2, 0) is 10.0 Å². The molecular weight excluding hydrogens is 296 g/mol. The fraction of sp³-hybridized carbons (Fsp3) is 0.412. The average Bonchev–Trinajstić information content (AvgIpc) is 2.54. The number of rotatable bonds is 4. The molecule has 0 aromatic heterocycles. The van der Waals surface area contributed by atoms with E-state index >= 15 is 0 Å². The molecule has 1 saturated carbocycles. The van der Waals surface area contributed by atoms with E-state index in [1.807, 2.05) is 30.3 Å². The zero-order valence-electron chi connectivity index (χ0n) is 12.5. The van der Waals surface area contributed by atoms with E-state index in [1.54, 1.807) is 12.1 Å². The molecule has 3 N–H and O–H groups in total. The number of benzene rings is 2. The Kier molecular flexibility index (Phi) is 4.47. The lowest BCUT2D eigenvalue weighted by atomic mass is 9.87. The van der Waals surface area contributed by atoms with Gasteiger partial charge in [0.05, 0.1) is 4.90 Å². The summed E-state index contributed by atoms with van der Waals surface area (Å²) in [5.74, 6) is 0.540. The van der Waals surface area contributed by atoms with Crippen molar-refractivity contribution in [3.8, 4) is 0 Å². The first-order valence-corrected chi connectivity index (χ1v) is 9.28. The summed E-state index contributed by atoms with van der Waals surface area (Å²) in [4.78, 5) is 0.367. The van der Waals surface area contributed by atoms with Crippen molar-refractivity contribution >= 4 is 20.8 Å². The molecule has 0 spiro atoms. The lowest BCUT2D eigenvalue weighted by Crippen LogP contribution is -2.38. The Bertz CT molecular complexity index is 745. The Labute approximate surface area is 131 Å². The van der Waals surface area contributed by atoms with Crippen LogP contribution in [0.1, 0.15) is 25.7 Å². The molecular formula is C17H22N2O2S. The molecule has 2 aromatic carbocycles. The predicted octanol–water partition coefficient (Wildman–Crippen LogP) is 2.64. The van der Waals surface area contributed by atoms with Crippen molar-refractivity contribution in [1.82, 2.24) is 4.72 Å². The van der Waals surface area contributed by atoms with E-state index in [9.17, 15) is 8.42 Å². The second-order valence-electron chi connectivity index (χ2n) is 6.05. The Balaban J connectivity index is 1.83. The summed E-state index contributed by atoms with van der Waals surface area (Å²) in [6.07, 6.45) is 3.73. The molecule has 0 atom stereocenters. The van der Waals surface area contributed by atoms with Crippen LogP contribution in [0, 0.1) is 5.92 Å². The van der Waals surface area contributed by atoms with E-state index < -0.39 is 10.0 Å². The Morgan fingerprint density at radius 1 is 1.00 bits per heavy atom. The van der Waals surface area contributed by atoms with Crippen LogP contribution in [0.2, 0.25) is 0 Å². The van der Waals surface area contributed by atoms with E-state index in [0.717, 1.165) is 36.5 Å². The first kappa shape index (κ1) is 15.5. The maximum absolute atomic E-state index is 12.7. The molecule has 0 aliphatic heterocycles. The number of fused-ring (bicyclic) bond motifs is 1. The molecule has 0 radical (unpaired) electrons. The van der Waals surface area contributed by atoms with Crippen LogP contribution in [0.4, 0.5) is 0 Å². The third kappa shape index (κ3) is 3.16. The minimum atomic E-state index is -3.49. The maximum Gasteiger partial charge on any atom is 0.241 e. The fourth-order valence-electron chi connectivity index (χ4n) is 3.23. The summed E-state index contributed by atoms with van der Waals surface area (Å²) >= 11 is 0. The smallest absolute Gasteiger partial charge is 0.241 e. The Hall–Kier alpha value is -1.43. The molecule has 5 heteroatoms. The predicted molar refractivity (Wildman–Crippen MR) is 89.1 cm³/mol. The molecule has 1 fully saturated rings. The topological polar surface area (TPSA) is 72.2 Å². The van der Waals surface area contributed by atoms with E-state index in [-0.39, 0.29) is 6.04 Å². The molecule has 0 saturated heterocycles. The summed E-state index contributed by atoms with van der Waals surface area (Å²) in [6, 6.07) is 13.0. The molecule has 0 bridgehead atoms. The lowest BCUT2D eigenvalue weighted by Gasteiger charge is -2.28. The summed E-state index contributed by atoms with van der Waals surface area (Å²) < 4.78 is 28.3. The molecule has 22 heavy (non-hydrogen) atoms. The highest BCUT2D eigenvalue weighted by molar-refractivity contribution is 7.89. The van der Waals surface area contributed by atoms with E-state index in [0.29, 0.717) is 17.4 Å². The van der Waals surface area contributed by atoms with Gasteiger partial charge in [-0.15, -0.1) is 0 Å². The minimum absolute atomic E-state index is 0.0202. The number of nitrogens with one attached hydrogen (secondary N) is 1. The summed E-state index contributed by atoms with van der Waals surface area (Å²) in [6.45, 7) is 0.697. The van der Waals surface area contributed by atoms with Crippen molar-refractivity contribution in [2.45, 2.75) is 36.6 Å². The van der Waals surface area contributed by atoms with Crippen molar-refractivity contribution in [2.24, 2.45) is 11.7 Å². The van der Waals surface area contributed by atoms with Gasteiger partial charge in [0, 0.05) is 11.4 Å². The second-order valence-corrected chi connectivity index (χ2v) is 7.73. The standard InChI is InChI=1S/C17H22N2O2S/c18-12-13-8-10-15(11-9-13)19-22(20,21)17-7-3-5-14-4-1-2-6-16(14)17/h1-7,13,15,19H,8-12,18H2. The van der Waals surface area contributed by atoms with Gasteiger partial charge in [0.15, 0.2) is 0 Å². The molecule has 118 valence electrons. The van der Waals surface area contributed by atoms with Gasteiger partial charge in [-0.1, -0.05) is 36.4 Å². The SMILES string of the molecule is NCC1CCC(NS(=O)(=O)c2cccc3ccccc23)CC1. The molecule has 0 unspecified atom stereocenters. The van der Waals surface area contributed by atoms with E-state index in [4.69, 9.17) is 5.73 Å². The molecule has 0 amide bonds. The Morgan fingerprint density at radius 3 is 2.41 bits per heavy atom. The van der Waals surface area contributed by atoms with Gasteiger partial charge >= 0.3 is 0 Å². The molecule has 1 aliphatic carbocycles. The van der Waals surface area contributed by atoms with Gasteiger partial charge in [-0.05, 0) is 49.6 Å². The van der Waals surface area contributed by atoms with Crippen molar-refractivity contribution in [3.63, 3.8) is 0 Å². The molecule has 1 aliphatic rings. The fourth-order valence-corrected chi connectivity index (χ4v) is 4.76. The van der Waals surface area contributed by atoms with Crippen LogP contribution in [0.5, 0.6) is 0 Å². The highest BCUT2D eigenvalue weighted by Gasteiger charge is 2.26. The Morgan fingerprint density at radius 2 is 1.68 bits per heavy atom. The highest BCUT2D eigenvalue weighted by atomic mass is 32.2. The zero-order chi connectivity index (χ0) is 15.6. The van der Waals surface area contributed by atoms with Gasteiger partial charge in [0.25, 0.3) is 0 Å². The summed E-state index contributed by atoms with van der Waals surface area (Å²) in [7, 11) is -3.49. The monoisotopic (exact) mass is 318 g/mol. The molecule has 0 heterocycles. The van der Waals surface area contributed by atoms with Gasteiger partial charge in [-0.2, -0.15) is 0 Å². The number of sulfonamides is 1. The third-order valence-electron chi connectivity index (χ3n) is 4.54. The van der Waals surface area contributed by atoms with Crippen LogP contribution in [0.25, 0.3) is 10.8 Å². The van der Waals surface area contributed by atoms with Gasteiger partial charge in [0.1, 0.15) is 0 Å². The first-order valence-electron chi connectivity index (χ1n) is 7.80. The van der Waals surface area contributed by atoms with Crippen LogP contribution < -0.4 is 10.5 Å². The maximum atomic E-state index is 12.7. The van der Waals surface area contributed by atoms with Crippen molar-refractivity contribution in [3.05, 3.63) is 42.5 Å². The summed E-state index contributed by atoms with van der Waals surface area (Å²) in [5.41, 5.74) is 5.69. The first-order chi connectivity index (χ1) is 10.6. The highest BCUT2D eigenvalue weighted by Crippen LogP contribution is 2.27.